The largest absolute Gasteiger partial charge is 0.385 e. The molecule has 82 valence electrons. The number of halogens is 1. The van der Waals surface area contributed by atoms with Crippen molar-refractivity contribution in [3.05, 3.63) is 34.3 Å². The van der Waals surface area contributed by atoms with E-state index < -0.39 is 0 Å². The number of hydrogen-bond acceptors (Lipinski definition) is 2. The number of benzene rings is 1. The normalized spacial score (nSPS) is 10.3. The van der Waals surface area contributed by atoms with Gasteiger partial charge in [-0.3, -0.25) is 4.79 Å². The summed E-state index contributed by atoms with van der Waals surface area (Å²) >= 11 is 5.88. The van der Waals surface area contributed by atoms with Crippen LogP contribution in [-0.2, 0) is 4.74 Å². The Morgan fingerprint density at radius 2 is 2.20 bits per heavy atom. The van der Waals surface area contributed by atoms with Gasteiger partial charge in [0.2, 0.25) is 0 Å². The van der Waals surface area contributed by atoms with Crippen LogP contribution in [0, 0.1) is 6.92 Å². The second-order valence-electron chi connectivity index (χ2n) is 3.48. The molecule has 0 spiro atoms. The van der Waals surface area contributed by atoms with Crippen LogP contribution in [0.5, 0.6) is 0 Å². The van der Waals surface area contributed by atoms with E-state index in [0.717, 1.165) is 17.5 Å². The molecule has 0 saturated heterocycles. The topological polar surface area (TPSA) is 26.3 Å². The Bertz CT molecular complexity index is 347. The summed E-state index contributed by atoms with van der Waals surface area (Å²) in [6.45, 7) is 2.52. The Balaban J connectivity index is 2.62. The molecule has 0 N–H and O–H groups in total. The SMILES string of the molecule is COCCCC(=O)c1ccc(Cl)c(C)c1. The van der Waals surface area contributed by atoms with Gasteiger partial charge in [-0.15, -0.1) is 0 Å². The number of rotatable bonds is 5. The summed E-state index contributed by atoms with van der Waals surface area (Å²) in [4.78, 5) is 11.7. The Morgan fingerprint density at radius 3 is 2.80 bits per heavy atom. The molecule has 0 amide bonds. The van der Waals surface area contributed by atoms with Crippen molar-refractivity contribution < 1.29 is 9.53 Å². The molecule has 0 saturated carbocycles. The zero-order chi connectivity index (χ0) is 11.3. The fourth-order valence-electron chi connectivity index (χ4n) is 1.34. The highest BCUT2D eigenvalue weighted by Gasteiger charge is 2.06. The Kier molecular flexibility index (Phi) is 4.79. The van der Waals surface area contributed by atoms with Crippen molar-refractivity contribution >= 4 is 17.4 Å². The fraction of sp³-hybridized carbons (Fsp3) is 0.417. The first-order valence-electron chi connectivity index (χ1n) is 4.93. The molecule has 1 rings (SSSR count). The first-order valence-corrected chi connectivity index (χ1v) is 5.31. The molecule has 3 heteroatoms. The van der Waals surface area contributed by atoms with Crippen molar-refractivity contribution in [1.29, 1.82) is 0 Å². The molecule has 2 nitrogen and oxygen atoms in total. The molecular weight excluding hydrogens is 212 g/mol. The van der Waals surface area contributed by atoms with Crippen LogP contribution >= 0.6 is 11.6 Å². The molecule has 0 heterocycles. The first-order chi connectivity index (χ1) is 7.15. The third-order valence-electron chi connectivity index (χ3n) is 2.23. The highest BCUT2D eigenvalue weighted by atomic mass is 35.5. The van der Waals surface area contributed by atoms with Gasteiger partial charge >= 0.3 is 0 Å². The Morgan fingerprint density at radius 1 is 1.47 bits per heavy atom. The molecule has 0 aliphatic rings. The van der Waals surface area contributed by atoms with E-state index >= 15 is 0 Å². The van der Waals surface area contributed by atoms with Crippen LogP contribution in [0.25, 0.3) is 0 Å². The lowest BCUT2D eigenvalue weighted by molar-refractivity contribution is 0.0963. The van der Waals surface area contributed by atoms with Crippen LogP contribution in [0.15, 0.2) is 18.2 Å². The predicted octanol–water partition coefficient (Wildman–Crippen LogP) is 3.26. The van der Waals surface area contributed by atoms with Gasteiger partial charge in [0.05, 0.1) is 0 Å². The number of carbonyl (C=O) groups excluding carboxylic acids is 1. The summed E-state index contributed by atoms with van der Waals surface area (Å²) < 4.78 is 4.90. The summed E-state index contributed by atoms with van der Waals surface area (Å²) in [5.41, 5.74) is 1.67. The minimum Gasteiger partial charge on any atom is -0.385 e. The molecule has 0 aliphatic carbocycles. The third-order valence-corrected chi connectivity index (χ3v) is 2.66. The second-order valence-corrected chi connectivity index (χ2v) is 3.89. The Hall–Kier alpha value is -0.860. The molecule has 1 aromatic carbocycles. The van der Waals surface area contributed by atoms with E-state index in [9.17, 15) is 4.79 Å². The lowest BCUT2D eigenvalue weighted by Gasteiger charge is -2.03. The van der Waals surface area contributed by atoms with Crippen molar-refractivity contribution in [3.63, 3.8) is 0 Å². The molecule has 1 aromatic rings. The quantitative estimate of drug-likeness (QED) is 0.569. The molecule has 0 aromatic heterocycles. The van der Waals surface area contributed by atoms with E-state index in [-0.39, 0.29) is 5.78 Å². The van der Waals surface area contributed by atoms with Gasteiger partial charge in [0.1, 0.15) is 0 Å². The first kappa shape index (κ1) is 12.2. The van der Waals surface area contributed by atoms with Crippen molar-refractivity contribution in [1.82, 2.24) is 0 Å². The van der Waals surface area contributed by atoms with Gasteiger partial charge in [-0.2, -0.15) is 0 Å². The van der Waals surface area contributed by atoms with Gasteiger partial charge in [0.25, 0.3) is 0 Å². The summed E-state index contributed by atoms with van der Waals surface area (Å²) in [6.07, 6.45) is 1.28. The third kappa shape index (κ3) is 3.65. The van der Waals surface area contributed by atoms with E-state index in [1.807, 2.05) is 13.0 Å². The molecule has 15 heavy (non-hydrogen) atoms. The van der Waals surface area contributed by atoms with Gasteiger partial charge in [-0.05, 0) is 37.1 Å². The van der Waals surface area contributed by atoms with Gasteiger partial charge in [-0.25, -0.2) is 0 Å². The van der Waals surface area contributed by atoms with E-state index in [2.05, 4.69) is 0 Å². The molecule has 0 radical (unpaired) electrons. The van der Waals surface area contributed by atoms with E-state index in [0.29, 0.717) is 18.1 Å². The maximum absolute atomic E-state index is 11.7. The fourth-order valence-corrected chi connectivity index (χ4v) is 1.46. The minimum atomic E-state index is 0.145. The van der Waals surface area contributed by atoms with Crippen LogP contribution in [0.3, 0.4) is 0 Å². The average molecular weight is 227 g/mol. The summed E-state index contributed by atoms with van der Waals surface area (Å²) in [5.74, 6) is 0.145. The van der Waals surface area contributed by atoms with Gasteiger partial charge in [-0.1, -0.05) is 11.6 Å². The van der Waals surface area contributed by atoms with Crippen molar-refractivity contribution in [2.45, 2.75) is 19.8 Å². The predicted molar refractivity (Wildman–Crippen MR) is 61.6 cm³/mol. The molecule has 0 unspecified atom stereocenters. The number of ether oxygens (including phenoxy) is 1. The van der Waals surface area contributed by atoms with Gasteiger partial charge < -0.3 is 4.74 Å². The maximum Gasteiger partial charge on any atom is 0.162 e. The monoisotopic (exact) mass is 226 g/mol. The van der Waals surface area contributed by atoms with Crippen molar-refractivity contribution in [3.8, 4) is 0 Å². The summed E-state index contributed by atoms with van der Waals surface area (Å²) in [5, 5.41) is 0.698. The molecule has 0 aliphatic heterocycles. The Labute approximate surface area is 95.2 Å². The average Bonchev–Trinajstić information content (AvgIpc) is 2.22. The van der Waals surface area contributed by atoms with E-state index in [1.165, 1.54) is 0 Å². The molecular formula is C12H15ClO2. The summed E-state index contributed by atoms with van der Waals surface area (Å²) in [7, 11) is 1.64. The number of carbonyl (C=O) groups is 1. The standard InChI is InChI=1S/C12H15ClO2/c1-9-8-10(5-6-11(9)13)12(14)4-3-7-15-2/h5-6,8H,3-4,7H2,1-2H3. The second kappa shape index (κ2) is 5.89. The van der Waals surface area contributed by atoms with Gasteiger partial charge in [0.15, 0.2) is 5.78 Å². The molecule has 0 fully saturated rings. The lowest BCUT2D eigenvalue weighted by atomic mass is 10.0. The van der Waals surface area contributed by atoms with E-state index in [4.69, 9.17) is 16.3 Å². The lowest BCUT2D eigenvalue weighted by Crippen LogP contribution is -2.01. The number of aryl methyl sites for hydroxylation is 1. The highest BCUT2D eigenvalue weighted by Crippen LogP contribution is 2.17. The zero-order valence-electron chi connectivity index (χ0n) is 9.05. The number of hydrogen-bond donors (Lipinski definition) is 0. The number of ketones is 1. The van der Waals surface area contributed by atoms with Crippen molar-refractivity contribution in [2.24, 2.45) is 0 Å². The molecule has 0 bridgehead atoms. The van der Waals surface area contributed by atoms with Crippen molar-refractivity contribution in [2.75, 3.05) is 13.7 Å². The smallest absolute Gasteiger partial charge is 0.162 e. The van der Waals surface area contributed by atoms with Crippen LogP contribution in [0.4, 0.5) is 0 Å². The van der Waals surface area contributed by atoms with Crippen LogP contribution in [-0.4, -0.2) is 19.5 Å². The minimum absolute atomic E-state index is 0.145. The highest BCUT2D eigenvalue weighted by molar-refractivity contribution is 6.31. The number of methoxy groups -OCH3 is 1. The van der Waals surface area contributed by atoms with Crippen LogP contribution < -0.4 is 0 Å². The van der Waals surface area contributed by atoms with E-state index in [1.54, 1.807) is 19.2 Å². The summed E-state index contributed by atoms with van der Waals surface area (Å²) in [6, 6.07) is 5.36. The van der Waals surface area contributed by atoms with Crippen LogP contribution in [0.1, 0.15) is 28.8 Å². The number of Topliss-reactive ketones (excluding diaryl/α,β-unsaturated/α-hetero) is 1. The zero-order valence-corrected chi connectivity index (χ0v) is 9.80. The van der Waals surface area contributed by atoms with Crippen LogP contribution in [0.2, 0.25) is 5.02 Å². The molecule has 0 atom stereocenters. The maximum atomic E-state index is 11.7. The van der Waals surface area contributed by atoms with Gasteiger partial charge in [0, 0.05) is 30.7 Å².